The molecule has 0 fully saturated rings. The van der Waals surface area contributed by atoms with Crippen LogP contribution in [0.15, 0.2) is 36.4 Å². The fourth-order valence-corrected chi connectivity index (χ4v) is 2.67. The number of carboxylic acids is 1. The molecule has 0 amide bonds. The predicted octanol–water partition coefficient (Wildman–Crippen LogP) is 3.08. The Bertz CT molecular complexity index is 799. The van der Waals surface area contributed by atoms with Gasteiger partial charge >= 0.3 is 5.97 Å². The SMILES string of the molecule is CC(C)(C)S(=O)(=O)Nc1cccc2cccc(C(=O)O)c12. The van der Waals surface area contributed by atoms with Crippen molar-refractivity contribution in [2.75, 3.05) is 4.72 Å². The van der Waals surface area contributed by atoms with E-state index in [9.17, 15) is 18.3 Å². The first-order valence-electron chi connectivity index (χ1n) is 6.41. The quantitative estimate of drug-likeness (QED) is 0.912. The van der Waals surface area contributed by atoms with E-state index in [1.54, 1.807) is 51.1 Å². The molecule has 0 unspecified atom stereocenters. The summed E-state index contributed by atoms with van der Waals surface area (Å²) < 4.78 is 26.1. The minimum atomic E-state index is -3.63. The maximum Gasteiger partial charge on any atom is 0.336 e. The summed E-state index contributed by atoms with van der Waals surface area (Å²) >= 11 is 0. The van der Waals surface area contributed by atoms with Crippen molar-refractivity contribution >= 4 is 32.5 Å². The second-order valence-corrected chi connectivity index (χ2v) is 8.17. The zero-order valence-corrected chi connectivity index (χ0v) is 12.9. The van der Waals surface area contributed by atoms with E-state index in [1.807, 2.05) is 0 Å². The van der Waals surface area contributed by atoms with Gasteiger partial charge in [-0.3, -0.25) is 4.72 Å². The minimum Gasteiger partial charge on any atom is -0.478 e. The fraction of sp³-hybridized carbons (Fsp3) is 0.267. The largest absolute Gasteiger partial charge is 0.478 e. The maximum atomic E-state index is 12.3. The van der Waals surface area contributed by atoms with Crippen LogP contribution in [0, 0.1) is 0 Å². The summed E-state index contributed by atoms with van der Waals surface area (Å²) in [4.78, 5) is 11.4. The summed E-state index contributed by atoms with van der Waals surface area (Å²) in [5, 5.41) is 10.3. The molecule has 0 atom stereocenters. The molecule has 2 N–H and O–H groups in total. The fourth-order valence-electron chi connectivity index (χ4n) is 1.90. The standard InChI is InChI=1S/C15H17NO4S/c1-15(2,3)21(19,20)16-12-9-5-7-10-6-4-8-11(13(10)12)14(17)18/h4-9,16H,1-3H3,(H,17,18). The maximum absolute atomic E-state index is 12.3. The summed E-state index contributed by atoms with van der Waals surface area (Å²) in [6.07, 6.45) is 0. The predicted molar refractivity (Wildman–Crippen MR) is 83.2 cm³/mol. The van der Waals surface area contributed by atoms with Crippen LogP contribution in [0.5, 0.6) is 0 Å². The van der Waals surface area contributed by atoms with Gasteiger partial charge in [0, 0.05) is 5.39 Å². The Morgan fingerprint density at radius 3 is 2.19 bits per heavy atom. The summed E-state index contributed by atoms with van der Waals surface area (Å²) in [7, 11) is -3.63. The second-order valence-electron chi connectivity index (χ2n) is 5.73. The molecule has 2 rings (SSSR count). The van der Waals surface area contributed by atoms with Crippen LogP contribution in [0.2, 0.25) is 0 Å². The number of rotatable bonds is 3. The number of carbonyl (C=O) groups is 1. The van der Waals surface area contributed by atoms with E-state index in [2.05, 4.69) is 4.72 Å². The van der Waals surface area contributed by atoms with Crippen LogP contribution in [0.25, 0.3) is 10.8 Å². The molecule has 21 heavy (non-hydrogen) atoms. The third kappa shape index (κ3) is 2.85. The van der Waals surface area contributed by atoms with E-state index in [-0.39, 0.29) is 11.3 Å². The number of anilines is 1. The number of fused-ring (bicyclic) bond motifs is 1. The monoisotopic (exact) mass is 307 g/mol. The zero-order valence-electron chi connectivity index (χ0n) is 12.0. The molecular formula is C15H17NO4S. The van der Waals surface area contributed by atoms with E-state index < -0.39 is 20.7 Å². The Balaban J connectivity index is 2.69. The van der Waals surface area contributed by atoms with Gasteiger partial charge in [0.2, 0.25) is 10.0 Å². The first-order chi connectivity index (χ1) is 9.63. The van der Waals surface area contributed by atoms with Gasteiger partial charge in [-0.2, -0.15) is 0 Å². The molecule has 0 aliphatic heterocycles. The van der Waals surface area contributed by atoms with Crippen molar-refractivity contribution in [1.82, 2.24) is 0 Å². The number of hydrogen-bond donors (Lipinski definition) is 2. The number of aromatic carboxylic acids is 1. The normalized spacial score (nSPS) is 12.3. The summed E-state index contributed by atoms with van der Waals surface area (Å²) in [5.41, 5.74) is 0.347. The highest BCUT2D eigenvalue weighted by Gasteiger charge is 2.29. The van der Waals surface area contributed by atoms with Gasteiger partial charge in [0.1, 0.15) is 0 Å². The Morgan fingerprint density at radius 2 is 1.67 bits per heavy atom. The van der Waals surface area contributed by atoms with E-state index in [0.717, 1.165) is 0 Å². The Hall–Kier alpha value is -2.08. The second kappa shape index (κ2) is 5.04. The Labute approximate surface area is 123 Å². The summed E-state index contributed by atoms with van der Waals surface area (Å²) in [6, 6.07) is 9.84. The number of hydrogen-bond acceptors (Lipinski definition) is 3. The molecule has 0 spiro atoms. The van der Waals surface area contributed by atoms with Crippen LogP contribution in [-0.4, -0.2) is 24.2 Å². The highest BCUT2D eigenvalue weighted by Crippen LogP contribution is 2.29. The summed E-state index contributed by atoms with van der Waals surface area (Å²) in [6.45, 7) is 4.75. The van der Waals surface area contributed by atoms with Crippen LogP contribution in [0.1, 0.15) is 31.1 Å². The average molecular weight is 307 g/mol. The van der Waals surface area contributed by atoms with Crippen LogP contribution in [-0.2, 0) is 10.0 Å². The molecule has 2 aromatic carbocycles. The lowest BCUT2D eigenvalue weighted by Gasteiger charge is -2.21. The van der Waals surface area contributed by atoms with E-state index in [4.69, 9.17) is 0 Å². The lowest BCUT2D eigenvalue weighted by Crippen LogP contribution is -2.33. The van der Waals surface area contributed by atoms with Crippen molar-refractivity contribution in [3.8, 4) is 0 Å². The van der Waals surface area contributed by atoms with Crippen LogP contribution in [0.3, 0.4) is 0 Å². The molecule has 0 saturated heterocycles. The molecule has 0 radical (unpaired) electrons. The van der Waals surface area contributed by atoms with Crippen LogP contribution >= 0.6 is 0 Å². The molecule has 0 bridgehead atoms. The number of nitrogens with one attached hydrogen (secondary N) is 1. The van der Waals surface area contributed by atoms with Crippen molar-refractivity contribution in [3.05, 3.63) is 42.0 Å². The Kier molecular flexibility index (Phi) is 3.67. The molecule has 6 heteroatoms. The van der Waals surface area contributed by atoms with Gasteiger partial charge in [-0.15, -0.1) is 0 Å². The van der Waals surface area contributed by atoms with E-state index in [0.29, 0.717) is 10.8 Å². The molecule has 0 aliphatic carbocycles. The number of benzene rings is 2. The first kappa shape index (κ1) is 15.3. The van der Waals surface area contributed by atoms with Gasteiger partial charge in [0.25, 0.3) is 0 Å². The lowest BCUT2D eigenvalue weighted by atomic mass is 10.0. The van der Waals surface area contributed by atoms with Crippen molar-refractivity contribution in [3.63, 3.8) is 0 Å². The Morgan fingerprint density at radius 1 is 1.10 bits per heavy atom. The number of carboxylic acid groups (broad SMARTS) is 1. The van der Waals surface area contributed by atoms with Gasteiger partial charge in [-0.05, 0) is 38.3 Å². The van der Waals surface area contributed by atoms with Gasteiger partial charge < -0.3 is 5.11 Å². The molecule has 0 aromatic heterocycles. The molecule has 112 valence electrons. The topological polar surface area (TPSA) is 83.5 Å². The van der Waals surface area contributed by atoms with E-state index in [1.165, 1.54) is 6.07 Å². The molecule has 0 saturated carbocycles. The van der Waals surface area contributed by atoms with Gasteiger partial charge in [0.15, 0.2) is 0 Å². The van der Waals surface area contributed by atoms with E-state index >= 15 is 0 Å². The number of sulfonamides is 1. The lowest BCUT2D eigenvalue weighted by molar-refractivity contribution is 0.0699. The van der Waals surface area contributed by atoms with Gasteiger partial charge in [0.05, 0.1) is 16.0 Å². The van der Waals surface area contributed by atoms with Crippen LogP contribution < -0.4 is 4.72 Å². The average Bonchev–Trinajstić information content (AvgIpc) is 2.36. The van der Waals surface area contributed by atoms with Gasteiger partial charge in [-0.25, -0.2) is 13.2 Å². The molecule has 5 nitrogen and oxygen atoms in total. The van der Waals surface area contributed by atoms with Crippen molar-refractivity contribution in [2.24, 2.45) is 0 Å². The molecule has 2 aromatic rings. The third-order valence-electron chi connectivity index (χ3n) is 3.19. The molecule has 0 heterocycles. The molecule has 0 aliphatic rings. The van der Waals surface area contributed by atoms with Crippen LogP contribution in [0.4, 0.5) is 5.69 Å². The van der Waals surface area contributed by atoms with Gasteiger partial charge in [-0.1, -0.05) is 24.3 Å². The van der Waals surface area contributed by atoms with Crippen molar-refractivity contribution < 1.29 is 18.3 Å². The minimum absolute atomic E-state index is 0.0692. The summed E-state index contributed by atoms with van der Waals surface area (Å²) in [5.74, 6) is -1.09. The first-order valence-corrected chi connectivity index (χ1v) is 7.89. The highest BCUT2D eigenvalue weighted by molar-refractivity contribution is 7.94. The smallest absolute Gasteiger partial charge is 0.336 e. The molecular weight excluding hydrogens is 290 g/mol. The third-order valence-corrected chi connectivity index (χ3v) is 5.29. The zero-order chi connectivity index (χ0) is 15.8. The van der Waals surface area contributed by atoms with Crippen molar-refractivity contribution in [2.45, 2.75) is 25.5 Å². The van der Waals surface area contributed by atoms with Crippen molar-refractivity contribution in [1.29, 1.82) is 0 Å². The highest BCUT2D eigenvalue weighted by atomic mass is 32.2.